The van der Waals surface area contributed by atoms with Crippen molar-refractivity contribution >= 4 is 5.82 Å². The molecule has 1 aromatic heterocycles. The SMILES string of the molecule is CCNc1ncnc(Oc2ccccc2OCC)c1C. The van der Waals surface area contributed by atoms with Crippen LogP contribution in [0.2, 0.25) is 0 Å². The number of para-hydroxylation sites is 2. The Balaban J connectivity index is 2.28. The second-order valence-electron chi connectivity index (χ2n) is 4.16. The average molecular weight is 273 g/mol. The number of anilines is 1. The molecule has 0 fully saturated rings. The van der Waals surface area contributed by atoms with Gasteiger partial charge in [-0.05, 0) is 32.9 Å². The van der Waals surface area contributed by atoms with Gasteiger partial charge in [0.15, 0.2) is 11.5 Å². The summed E-state index contributed by atoms with van der Waals surface area (Å²) >= 11 is 0. The van der Waals surface area contributed by atoms with Crippen molar-refractivity contribution in [2.24, 2.45) is 0 Å². The minimum absolute atomic E-state index is 0.531. The smallest absolute Gasteiger partial charge is 0.227 e. The summed E-state index contributed by atoms with van der Waals surface area (Å²) in [5, 5.41) is 3.18. The molecule has 0 unspecified atom stereocenters. The Bertz CT molecular complexity index is 573. The van der Waals surface area contributed by atoms with E-state index >= 15 is 0 Å². The van der Waals surface area contributed by atoms with Gasteiger partial charge in [0.2, 0.25) is 5.88 Å². The molecule has 0 atom stereocenters. The maximum Gasteiger partial charge on any atom is 0.227 e. The fourth-order valence-electron chi connectivity index (χ4n) is 1.80. The number of aromatic nitrogens is 2. The number of benzene rings is 1. The topological polar surface area (TPSA) is 56.3 Å². The van der Waals surface area contributed by atoms with E-state index in [4.69, 9.17) is 9.47 Å². The molecule has 106 valence electrons. The Morgan fingerprint density at radius 3 is 2.55 bits per heavy atom. The van der Waals surface area contributed by atoms with Gasteiger partial charge < -0.3 is 14.8 Å². The summed E-state index contributed by atoms with van der Waals surface area (Å²) in [5.41, 5.74) is 0.876. The summed E-state index contributed by atoms with van der Waals surface area (Å²) in [6.07, 6.45) is 1.49. The summed E-state index contributed by atoms with van der Waals surface area (Å²) in [5.74, 6) is 2.67. The van der Waals surface area contributed by atoms with Gasteiger partial charge in [0.1, 0.15) is 12.1 Å². The zero-order valence-corrected chi connectivity index (χ0v) is 12.0. The van der Waals surface area contributed by atoms with E-state index in [1.165, 1.54) is 6.33 Å². The zero-order valence-electron chi connectivity index (χ0n) is 12.0. The van der Waals surface area contributed by atoms with Crippen LogP contribution in [-0.2, 0) is 0 Å². The first kappa shape index (κ1) is 14.1. The monoisotopic (exact) mass is 273 g/mol. The van der Waals surface area contributed by atoms with Crippen molar-refractivity contribution in [2.75, 3.05) is 18.5 Å². The molecule has 0 aliphatic carbocycles. The quantitative estimate of drug-likeness (QED) is 0.874. The van der Waals surface area contributed by atoms with E-state index in [0.717, 1.165) is 17.9 Å². The molecule has 0 radical (unpaired) electrons. The molecule has 0 aliphatic heterocycles. The highest BCUT2D eigenvalue weighted by Crippen LogP contribution is 2.32. The zero-order chi connectivity index (χ0) is 14.4. The van der Waals surface area contributed by atoms with E-state index in [2.05, 4.69) is 15.3 Å². The van der Waals surface area contributed by atoms with Crippen molar-refractivity contribution in [3.63, 3.8) is 0 Å². The molecule has 20 heavy (non-hydrogen) atoms. The lowest BCUT2D eigenvalue weighted by molar-refractivity contribution is 0.319. The second kappa shape index (κ2) is 6.75. The lowest BCUT2D eigenvalue weighted by Gasteiger charge is -2.13. The van der Waals surface area contributed by atoms with Gasteiger partial charge in [-0.25, -0.2) is 9.97 Å². The molecule has 0 spiro atoms. The van der Waals surface area contributed by atoms with Crippen LogP contribution in [-0.4, -0.2) is 23.1 Å². The Kier molecular flexibility index (Phi) is 4.76. The standard InChI is InChI=1S/C15H19N3O2/c1-4-16-14-11(3)15(18-10-17-14)20-13-9-7-6-8-12(13)19-5-2/h6-10H,4-5H2,1-3H3,(H,16,17,18). The van der Waals surface area contributed by atoms with E-state index < -0.39 is 0 Å². The van der Waals surface area contributed by atoms with E-state index in [1.54, 1.807) is 0 Å². The molecule has 0 saturated heterocycles. The number of hydrogen-bond acceptors (Lipinski definition) is 5. The summed E-state index contributed by atoms with van der Waals surface area (Å²) in [6.45, 7) is 7.28. The van der Waals surface area contributed by atoms with Crippen LogP contribution in [0.5, 0.6) is 17.4 Å². The lowest BCUT2D eigenvalue weighted by atomic mass is 10.3. The predicted octanol–water partition coefficient (Wildman–Crippen LogP) is 3.41. The Morgan fingerprint density at radius 1 is 1.10 bits per heavy atom. The lowest BCUT2D eigenvalue weighted by Crippen LogP contribution is -2.04. The van der Waals surface area contributed by atoms with Gasteiger partial charge in [-0.2, -0.15) is 0 Å². The van der Waals surface area contributed by atoms with E-state index in [-0.39, 0.29) is 0 Å². The van der Waals surface area contributed by atoms with Crippen LogP contribution >= 0.6 is 0 Å². The number of nitrogens with one attached hydrogen (secondary N) is 1. The normalized spacial score (nSPS) is 10.2. The molecule has 1 heterocycles. The van der Waals surface area contributed by atoms with Crippen LogP contribution in [0.25, 0.3) is 0 Å². The Labute approximate surface area is 119 Å². The summed E-state index contributed by atoms with van der Waals surface area (Å²) in [7, 11) is 0. The summed E-state index contributed by atoms with van der Waals surface area (Å²) in [6, 6.07) is 7.55. The van der Waals surface area contributed by atoms with Crippen LogP contribution in [0.15, 0.2) is 30.6 Å². The third-order valence-electron chi connectivity index (χ3n) is 2.74. The first-order chi connectivity index (χ1) is 9.76. The molecule has 1 aromatic carbocycles. The van der Waals surface area contributed by atoms with Crippen molar-refractivity contribution < 1.29 is 9.47 Å². The molecule has 5 nitrogen and oxygen atoms in total. The largest absolute Gasteiger partial charge is 0.490 e. The van der Waals surface area contributed by atoms with Crippen LogP contribution in [0.4, 0.5) is 5.82 Å². The van der Waals surface area contributed by atoms with Crippen molar-refractivity contribution in [1.29, 1.82) is 0 Å². The fraction of sp³-hybridized carbons (Fsp3) is 0.333. The van der Waals surface area contributed by atoms with E-state index in [9.17, 15) is 0 Å². The van der Waals surface area contributed by atoms with Gasteiger partial charge in [-0.1, -0.05) is 12.1 Å². The van der Waals surface area contributed by atoms with Crippen molar-refractivity contribution in [2.45, 2.75) is 20.8 Å². The summed E-state index contributed by atoms with van der Waals surface area (Å²) < 4.78 is 11.4. The summed E-state index contributed by atoms with van der Waals surface area (Å²) in [4.78, 5) is 8.38. The van der Waals surface area contributed by atoms with Crippen LogP contribution in [0.3, 0.4) is 0 Å². The molecular formula is C15H19N3O2. The molecule has 1 N–H and O–H groups in total. The number of nitrogens with zero attached hydrogens (tertiary/aromatic N) is 2. The highest BCUT2D eigenvalue weighted by atomic mass is 16.5. The van der Waals surface area contributed by atoms with Gasteiger partial charge in [0.05, 0.1) is 12.2 Å². The van der Waals surface area contributed by atoms with Crippen molar-refractivity contribution in [3.8, 4) is 17.4 Å². The molecule has 0 aliphatic rings. The number of hydrogen-bond donors (Lipinski definition) is 1. The highest BCUT2D eigenvalue weighted by molar-refractivity contribution is 5.50. The van der Waals surface area contributed by atoms with Gasteiger partial charge in [0.25, 0.3) is 0 Å². The van der Waals surface area contributed by atoms with E-state index in [0.29, 0.717) is 24.0 Å². The van der Waals surface area contributed by atoms with E-state index in [1.807, 2.05) is 45.0 Å². The molecule has 5 heteroatoms. The van der Waals surface area contributed by atoms with Crippen LogP contribution in [0, 0.1) is 6.92 Å². The fourth-order valence-corrected chi connectivity index (χ4v) is 1.80. The maximum atomic E-state index is 5.86. The van der Waals surface area contributed by atoms with Crippen molar-refractivity contribution in [3.05, 3.63) is 36.2 Å². The molecule has 0 bridgehead atoms. The third-order valence-corrected chi connectivity index (χ3v) is 2.74. The highest BCUT2D eigenvalue weighted by Gasteiger charge is 2.11. The van der Waals surface area contributed by atoms with Crippen LogP contribution in [0.1, 0.15) is 19.4 Å². The van der Waals surface area contributed by atoms with Gasteiger partial charge >= 0.3 is 0 Å². The van der Waals surface area contributed by atoms with Gasteiger partial charge in [0, 0.05) is 6.54 Å². The molecule has 2 rings (SSSR count). The average Bonchev–Trinajstić information content (AvgIpc) is 2.46. The first-order valence-electron chi connectivity index (χ1n) is 6.71. The Morgan fingerprint density at radius 2 is 1.85 bits per heavy atom. The maximum absolute atomic E-state index is 5.86. The number of rotatable bonds is 6. The number of ether oxygens (including phenoxy) is 2. The van der Waals surface area contributed by atoms with Crippen molar-refractivity contribution in [1.82, 2.24) is 9.97 Å². The van der Waals surface area contributed by atoms with Gasteiger partial charge in [-0.15, -0.1) is 0 Å². The molecule has 2 aromatic rings. The molecule has 0 amide bonds. The second-order valence-corrected chi connectivity index (χ2v) is 4.16. The minimum atomic E-state index is 0.531. The molecular weight excluding hydrogens is 254 g/mol. The van der Waals surface area contributed by atoms with Crippen LogP contribution < -0.4 is 14.8 Å². The minimum Gasteiger partial charge on any atom is -0.490 e. The predicted molar refractivity (Wildman–Crippen MR) is 78.6 cm³/mol. The first-order valence-corrected chi connectivity index (χ1v) is 6.71. The molecule has 0 saturated carbocycles. The van der Waals surface area contributed by atoms with Gasteiger partial charge in [-0.3, -0.25) is 0 Å². The third kappa shape index (κ3) is 3.17. The Hall–Kier alpha value is -2.30.